The van der Waals surface area contributed by atoms with Crippen LogP contribution in [0.5, 0.6) is 0 Å². The van der Waals surface area contributed by atoms with Crippen molar-refractivity contribution >= 4 is 17.6 Å². The highest BCUT2D eigenvalue weighted by molar-refractivity contribution is 5.97. The fourth-order valence-corrected chi connectivity index (χ4v) is 1.87. The number of likely N-dealkylation sites (tertiary alicyclic amines) is 1. The van der Waals surface area contributed by atoms with Gasteiger partial charge in [-0.15, -0.1) is 0 Å². The number of likely N-dealkylation sites (N-methyl/N-ethyl adjacent to an activating group) is 1. The molecule has 0 aliphatic carbocycles. The molecule has 2 amide bonds. The lowest BCUT2D eigenvalue weighted by molar-refractivity contribution is -0.130. The molecule has 1 saturated heterocycles. The third-order valence-corrected chi connectivity index (χ3v) is 2.89. The number of hydrogen-bond acceptors (Lipinski definition) is 6. The van der Waals surface area contributed by atoms with Crippen LogP contribution in [-0.4, -0.2) is 58.6 Å². The van der Waals surface area contributed by atoms with E-state index in [-0.39, 0.29) is 24.0 Å². The Morgan fingerprint density at radius 3 is 2.61 bits per heavy atom. The molecule has 8 nitrogen and oxygen atoms in total. The van der Waals surface area contributed by atoms with Gasteiger partial charge in [0, 0.05) is 20.1 Å². The van der Waals surface area contributed by atoms with Crippen LogP contribution >= 0.6 is 0 Å². The second kappa shape index (κ2) is 5.03. The number of hydrogen-bond donors (Lipinski definition) is 1. The number of anilines is 1. The number of nitrogen functional groups attached to an aromatic ring is 1. The first-order valence-corrected chi connectivity index (χ1v) is 5.71. The van der Waals surface area contributed by atoms with E-state index in [1.807, 2.05) is 0 Å². The predicted molar refractivity (Wildman–Crippen MR) is 61.5 cm³/mol. The standard InChI is InChI=1S/C10H15N5O3/c1-14(6-7(16)15-4-2-3-5-15)10(17)8-9(11)13-18-12-8/h2-6H2,1H3,(H2,11,13). The van der Waals surface area contributed by atoms with Crippen LogP contribution in [0.1, 0.15) is 23.3 Å². The van der Waals surface area contributed by atoms with Crippen LogP contribution in [0.25, 0.3) is 0 Å². The van der Waals surface area contributed by atoms with E-state index >= 15 is 0 Å². The lowest BCUT2D eigenvalue weighted by Crippen LogP contribution is -2.40. The Labute approximate surface area is 104 Å². The zero-order chi connectivity index (χ0) is 13.1. The molecule has 1 aliphatic heterocycles. The molecule has 1 fully saturated rings. The molecule has 0 radical (unpaired) electrons. The molecule has 0 atom stereocenters. The van der Waals surface area contributed by atoms with Crippen LogP contribution in [0.15, 0.2) is 4.63 Å². The molecule has 1 aliphatic rings. The minimum Gasteiger partial charge on any atom is -0.379 e. The fraction of sp³-hybridized carbons (Fsp3) is 0.600. The quantitative estimate of drug-likeness (QED) is 0.767. The minimum absolute atomic E-state index is 0.00509. The average molecular weight is 253 g/mol. The Balaban J connectivity index is 1.95. The molecule has 8 heteroatoms. The van der Waals surface area contributed by atoms with Gasteiger partial charge >= 0.3 is 0 Å². The van der Waals surface area contributed by atoms with E-state index in [1.54, 1.807) is 4.90 Å². The Kier molecular flexibility index (Phi) is 3.45. The normalized spacial score (nSPS) is 14.8. The molecule has 1 aromatic heterocycles. The molecule has 2 rings (SSSR count). The molecular formula is C10H15N5O3. The van der Waals surface area contributed by atoms with Gasteiger partial charge in [0.1, 0.15) is 0 Å². The number of carbonyl (C=O) groups is 2. The van der Waals surface area contributed by atoms with Crippen LogP contribution in [-0.2, 0) is 4.79 Å². The summed E-state index contributed by atoms with van der Waals surface area (Å²) in [5, 5.41) is 6.74. The summed E-state index contributed by atoms with van der Waals surface area (Å²) in [6, 6.07) is 0. The van der Waals surface area contributed by atoms with E-state index in [1.165, 1.54) is 11.9 Å². The molecule has 18 heavy (non-hydrogen) atoms. The van der Waals surface area contributed by atoms with Crippen molar-refractivity contribution in [3.05, 3.63) is 5.69 Å². The highest BCUT2D eigenvalue weighted by atomic mass is 16.6. The van der Waals surface area contributed by atoms with Crippen molar-refractivity contribution in [1.82, 2.24) is 20.1 Å². The summed E-state index contributed by atoms with van der Waals surface area (Å²) in [4.78, 5) is 26.8. The lowest BCUT2D eigenvalue weighted by Gasteiger charge is -2.20. The second-order valence-corrected chi connectivity index (χ2v) is 4.25. The van der Waals surface area contributed by atoms with Crippen molar-refractivity contribution in [2.24, 2.45) is 0 Å². The van der Waals surface area contributed by atoms with Gasteiger partial charge in [-0.1, -0.05) is 0 Å². The molecule has 98 valence electrons. The SMILES string of the molecule is CN(CC(=O)N1CCCC1)C(=O)c1nonc1N. The van der Waals surface area contributed by atoms with Crippen molar-refractivity contribution in [2.75, 3.05) is 32.4 Å². The van der Waals surface area contributed by atoms with Gasteiger partial charge in [0.25, 0.3) is 5.91 Å². The van der Waals surface area contributed by atoms with Crippen molar-refractivity contribution in [2.45, 2.75) is 12.8 Å². The van der Waals surface area contributed by atoms with Crippen LogP contribution in [0.3, 0.4) is 0 Å². The third kappa shape index (κ3) is 2.41. The van der Waals surface area contributed by atoms with Crippen LogP contribution < -0.4 is 5.73 Å². The Morgan fingerprint density at radius 2 is 2.06 bits per heavy atom. The van der Waals surface area contributed by atoms with Crippen molar-refractivity contribution in [3.63, 3.8) is 0 Å². The smallest absolute Gasteiger partial charge is 0.280 e. The summed E-state index contributed by atoms with van der Waals surface area (Å²) in [7, 11) is 1.52. The number of aromatic nitrogens is 2. The minimum atomic E-state index is -0.471. The maximum Gasteiger partial charge on any atom is 0.280 e. The van der Waals surface area contributed by atoms with Gasteiger partial charge in [0.15, 0.2) is 0 Å². The van der Waals surface area contributed by atoms with Gasteiger partial charge in [0.05, 0.1) is 6.54 Å². The van der Waals surface area contributed by atoms with Gasteiger partial charge in [-0.3, -0.25) is 9.59 Å². The number of amides is 2. The summed E-state index contributed by atoms with van der Waals surface area (Å²) in [5.74, 6) is -0.611. The molecule has 0 aromatic carbocycles. The van der Waals surface area contributed by atoms with E-state index in [4.69, 9.17) is 5.73 Å². The monoisotopic (exact) mass is 253 g/mol. The third-order valence-electron chi connectivity index (χ3n) is 2.89. The first-order chi connectivity index (χ1) is 8.59. The van der Waals surface area contributed by atoms with E-state index < -0.39 is 5.91 Å². The van der Waals surface area contributed by atoms with E-state index in [2.05, 4.69) is 14.9 Å². The van der Waals surface area contributed by atoms with Crippen LogP contribution in [0, 0.1) is 0 Å². The molecule has 0 unspecified atom stereocenters. The molecule has 0 spiro atoms. The van der Waals surface area contributed by atoms with Crippen molar-refractivity contribution in [3.8, 4) is 0 Å². The van der Waals surface area contributed by atoms with E-state index in [0.29, 0.717) is 0 Å². The summed E-state index contributed by atoms with van der Waals surface area (Å²) in [5.41, 5.74) is 5.36. The first kappa shape index (κ1) is 12.3. The van der Waals surface area contributed by atoms with Gasteiger partial charge in [-0.05, 0) is 23.2 Å². The largest absolute Gasteiger partial charge is 0.379 e. The zero-order valence-corrected chi connectivity index (χ0v) is 10.1. The molecule has 0 bridgehead atoms. The van der Waals surface area contributed by atoms with E-state index in [0.717, 1.165) is 25.9 Å². The maximum absolute atomic E-state index is 11.9. The van der Waals surface area contributed by atoms with Crippen LogP contribution in [0.4, 0.5) is 5.82 Å². The molecule has 2 N–H and O–H groups in total. The summed E-state index contributed by atoms with van der Waals surface area (Å²) >= 11 is 0. The van der Waals surface area contributed by atoms with E-state index in [9.17, 15) is 9.59 Å². The molecule has 2 heterocycles. The zero-order valence-electron chi connectivity index (χ0n) is 10.1. The van der Waals surface area contributed by atoms with Gasteiger partial charge in [-0.25, -0.2) is 4.63 Å². The number of rotatable bonds is 3. The predicted octanol–water partition coefficient (Wildman–Crippen LogP) is -0.654. The summed E-state index contributed by atoms with van der Waals surface area (Å²) in [6.45, 7) is 1.52. The Morgan fingerprint density at radius 1 is 1.39 bits per heavy atom. The van der Waals surface area contributed by atoms with Gasteiger partial charge in [-0.2, -0.15) is 0 Å². The second-order valence-electron chi connectivity index (χ2n) is 4.25. The molecular weight excluding hydrogens is 238 g/mol. The maximum atomic E-state index is 11.9. The molecule has 1 aromatic rings. The number of nitrogens with zero attached hydrogens (tertiary/aromatic N) is 4. The van der Waals surface area contributed by atoms with Crippen molar-refractivity contribution in [1.29, 1.82) is 0 Å². The Hall–Kier alpha value is -2.12. The van der Waals surface area contributed by atoms with Gasteiger partial charge in [0.2, 0.25) is 17.4 Å². The number of nitrogens with two attached hydrogens (primary N) is 1. The molecule has 0 saturated carbocycles. The lowest BCUT2D eigenvalue weighted by atomic mass is 10.3. The summed E-state index contributed by atoms with van der Waals surface area (Å²) < 4.78 is 4.35. The van der Waals surface area contributed by atoms with Gasteiger partial charge < -0.3 is 15.5 Å². The highest BCUT2D eigenvalue weighted by Crippen LogP contribution is 2.10. The summed E-state index contributed by atoms with van der Waals surface area (Å²) in [6.07, 6.45) is 2.03. The Bertz CT molecular complexity index is 452. The number of carbonyl (C=O) groups excluding carboxylic acids is 2. The topological polar surface area (TPSA) is 106 Å². The first-order valence-electron chi connectivity index (χ1n) is 5.71. The average Bonchev–Trinajstić information content (AvgIpc) is 2.98. The highest BCUT2D eigenvalue weighted by Gasteiger charge is 2.24. The van der Waals surface area contributed by atoms with Crippen LogP contribution in [0.2, 0.25) is 0 Å². The fourth-order valence-electron chi connectivity index (χ4n) is 1.87. The van der Waals surface area contributed by atoms with Crippen molar-refractivity contribution < 1.29 is 14.2 Å².